The van der Waals surface area contributed by atoms with Gasteiger partial charge in [-0.05, 0) is 70.4 Å². The number of hydrogen-bond donors (Lipinski definition) is 0. The highest BCUT2D eigenvalue weighted by atomic mass is 15.3. The molecule has 2 aromatic carbocycles. The fourth-order valence-electron chi connectivity index (χ4n) is 4.18. The van der Waals surface area contributed by atoms with Gasteiger partial charge in [-0.25, -0.2) is 0 Å². The van der Waals surface area contributed by atoms with Crippen molar-refractivity contribution < 1.29 is 0 Å². The van der Waals surface area contributed by atoms with E-state index in [4.69, 9.17) is 10.2 Å². The molecule has 0 saturated carbocycles. The molecule has 0 saturated heterocycles. The van der Waals surface area contributed by atoms with Gasteiger partial charge in [0.05, 0.1) is 24.5 Å². The van der Waals surface area contributed by atoms with Crippen LogP contribution in [0.3, 0.4) is 0 Å². The minimum atomic E-state index is 0.668. The zero-order chi connectivity index (χ0) is 22.7. The van der Waals surface area contributed by atoms with Crippen molar-refractivity contribution in [3.05, 3.63) is 121 Å². The smallest absolute Gasteiger partial charge is 0.111 e. The lowest BCUT2D eigenvalue weighted by Crippen LogP contribution is -2.08. The van der Waals surface area contributed by atoms with Crippen molar-refractivity contribution in [2.24, 2.45) is 0 Å². The van der Waals surface area contributed by atoms with Crippen LogP contribution in [0.25, 0.3) is 33.5 Å². The predicted octanol–water partition coefficient (Wildman–Crippen LogP) is 5.45. The first kappa shape index (κ1) is 20.1. The number of aromatic nitrogens is 6. The van der Waals surface area contributed by atoms with Crippen LogP contribution >= 0.6 is 0 Å². The molecule has 0 radical (unpaired) electrons. The van der Waals surface area contributed by atoms with Gasteiger partial charge in [-0.1, -0.05) is 36.4 Å². The Morgan fingerprint density at radius 3 is 1.41 bits per heavy atom. The van der Waals surface area contributed by atoms with Gasteiger partial charge in [0.1, 0.15) is 11.4 Å². The molecule has 0 aliphatic heterocycles. The van der Waals surface area contributed by atoms with Gasteiger partial charge in [0.15, 0.2) is 0 Å². The summed E-state index contributed by atoms with van der Waals surface area (Å²) in [5.41, 5.74) is 5.91. The molecule has 0 amide bonds. The van der Waals surface area contributed by atoms with Crippen molar-refractivity contribution in [2.45, 2.75) is 13.1 Å². The summed E-state index contributed by atoms with van der Waals surface area (Å²) in [6, 6.07) is 28.7. The minimum Gasteiger partial charge on any atom is -0.268 e. The average Bonchev–Trinajstić information content (AvgIpc) is 3.55. The van der Waals surface area contributed by atoms with Crippen molar-refractivity contribution in [1.82, 2.24) is 29.5 Å². The Labute approximate surface area is 197 Å². The lowest BCUT2D eigenvalue weighted by Gasteiger charge is -2.13. The number of pyridine rings is 2. The van der Waals surface area contributed by atoms with Crippen molar-refractivity contribution in [1.29, 1.82) is 0 Å². The van der Waals surface area contributed by atoms with E-state index in [1.165, 1.54) is 21.9 Å². The summed E-state index contributed by atoms with van der Waals surface area (Å²) in [7, 11) is 0. The van der Waals surface area contributed by atoms with Crippen molar-refractivity contribution >= 4 is 10.8 Å². The second-order valence-corrected chi connectivity index (χ2v) is 8.20. The Morgan fingerprint density at radius 2 is 0.971 bits per heavy atom. The van der Waals surface area contributed by atoms with Gasteiger partial charge in [-0.15, -0.1) is 0 Å². The monoisotopic (exact) mass is 442 g/mol. The van der Waals surface area contributed by atoms with Crippen molar-refractivity contribution in [2.75, 3.05) is 0 Å². The molecule has 4 heterocycles. The Kier molecular flexibility index (Phi) is 5.16. The number of nitrogens with zero attached hydrogens (tertiary/aromatic N) is 6. The third-order valence-corrected chi connectivity index (χ3v) is 5.87. The molecular formula is C28H22N6. The molecule has 0 unspecified atom stereocenters. The topological polar surface area (TPSA) is 61.4 Å². The van der Waals surface area contributed by atoms with Gasteiger partial charge in [0, 0.05) is 24.8 Å². The molecule has 4 aromatic heterocycles. The maximum Gasteiger partial charge on any atom is 0.111 e. The summed E-state index contributed by atoms with van der Waals surface area (Å²) in [5.74, 6) is 0. The second-order valence-electron chi connectivity index (χ2n) is 8.20. The van der Waals surface area contributed by atoms with Crippen LogP contribution < -0.4 is 0 Å². The normalized spacial score (nSPS) is 11.2. The lowest BCUT2D eigenvalue weighted by atomic mass is 10.0. The Hall–Kier alpha value is -4.58. The Bertz CT molecular complexity index is 1430. The first-order valence-corrected chi connectivity index (χ1v) is 11.2. The Morgan fingerprint density at radius 1 is 0.500 bits per heavy atom. The van der Waals surface area contributed by atoms with E-state index >= 15 is 0 Å². The number of hydrogen-bond acceptors (Lipinski definition) is 4. The molecule has 6 rings (SSSR count). The van der Waals surface area contributed by atoms with E-state index in [0.717, 1.165) is 22.8 Å². The first-order valence-electron chi connectivity index (χ1n) is 11.2. The van der Waals surface area contributed by atoms with E-state index in [9.17, 15) is 0 Å². The van der Waals surface area contributed by atoms with Gasteiger partial charge < -0.3 is 0 Å². The summed E-state index contributed by atoms with van der Waals surface area (Å²) in [6.45, 7) is 1.34. The van der Waals surface area contributed by atoms with E-state index in [-0.39, 0.29) is 0 Å². The van der Waals surface area contributed by atoms with Gasteiger partial charge in [-0.2, -0.15) is 10.2 Å². The highest BCUT2D eigenvalue weighted by Gasteiger charge is 2.11. The van der Waals surface area contributed by atoms with E-state index in [1.54, 1.807) is 12.4 Å². The predicted molar refractivity (Wildman–Crippen MR) is 133 cm³/mol. The molecule has 34 heavy (non-hydrogen) atoms. The molecule has 0 N–H and O–H groups in total. The molecule has 0 atom stereocenters. The summed E-state index contributed by atoms with van der Waals surface area (Å²) in [5, 5.41) is 12.0. The molecule has 6 aromatic rings. The summed E-state index contributed by atoms with van der Waals surface area (Å²) in [6.07, 6.45) is 7.60. The average molecular weight is 443 g/mol. The SMILES string of the molecule is c1ccc(-c2ccn(Cc3cc4ccccc4cc3Cn3ccc(-c4ccccn4)n3)n2)nc1. The molecule has 6 nitrogen and oxygen atoms in total. The van der Waals surface area contributed by atoms with Gasteiger partial charge in [0.25, 0.3) is 0 Å². The van der Waals surface area contributed by atoms with Crippen LogP contribution in [-0.2, 0) is 13.1 Å². The van der Waals surface area contributed by atoms with Gasteiger partial charge in [-0.3, -0.25) is 19.3 Å². The molecule has 0 bridgehead atoms. The largest absolute Gasteiger partial charge is 0.268 e. The van der Waals surface area contributed by atoms with Crippen LogP contribution in [-0.4, -0.2) is 29.5 Å². The quantitative estimate of drug-likeness (QED) is 0.344. The van der Waals surface area contributed by atoms with Crippen LogP contribution in [0.1, 0.15) is 11.1 Å². The summed E-state index contributed by atoms with van der Waals surface area (Å²) < 4.78 is 3.94. The molecule has 164 valence electrons. The fraction of sp³-hybridized carbons (Fsp3) is 0.0714. The van der Waals surface area contributed by atoms with Crippen LogP contribution in [0.2, 0.25) is 0 Å². The first-order chi connectivity index (χ1) is 16.8. The summed E-state index contributed by atoms with van der Waals surface area (Å²) in [4.78, 5) is 8.84. The van der Waals surface area contributed by atoms with Crippen molar-refractivity contribution in [3.63, 3.8) is 0 Å². The van der Waals surface area contributed by atoms with E-state index in [0.29, 0.717) is 13.1 Å². The minimum absolute atomic E-state index is 0.668. The molecule has 0 aliphatic carbocycles. The number of rotatable bonds is 6. The van der Waals surface area contributed by atoms with E-state index in [1.807, 2.05) is 70.3 Å². The second kappa shape index (κ2) is 8.75. The maximum atomic E-state index is 4.77. The van der Waals surface area contributed by atoms with Crippen LogP contribution in [0.5, 0.6) is 0 Å². The zero-order valence-corrected chi connectivity index (χ0v) is 18.5. The number of fused-ring (bicyclic) bond motifs is 1. The maximum absolute atomic E-state index is 4.77. The van der Waals surface area contributed by atoms with Crippen molar-refractivity contribution in [3.8, 4) is 22.8 Å². The third kappa shape index (κ3) is 4.09. The van der Waals surface area contributed by atoms with Crippen LogP contribution in [0.4, 0.5) is 0 Å². The van der Waals surface area contributed by atoms with Crippen LogP contribution in [0.15, 0.2) is 110 Å². The highest BCUT2D eigenvalue weighted by Crippen LogP contribution is 2.23. The van der Waals surface area contributed by atoms with E-state index in [2.05, 4.69) is 46.4 Å². The molecular weight excluding hydrogens is 420 g/mol. The van der Waals surface area contributed by atoms with Crippen LogP contribution in [0, 0.1) is 0 Å². The molecule has 0 fully saturated rings. The zero-order valence-electron chi connectivity index (χ0n) is 18.5. The molecule has 6 heteroatoms. The number of benzene rings is 2. The lowest BCUT2D eigenvalue weighted by molar-refractivity contribution is 0.655. The van der Waals surface area contributed by atoms with Gasteiger partial charge >= 0.3 is 0 Å². The van der Waals surface area contributed by atoms with Gasteiger partial charge in [0.2, 0.25) is 0 Å². The molecule has 0 aliphatic rings. The standard InChI is InChI=1S/C28H22N6/c1-2-8-22-18-24(20-34-16-12-28(32-34)26-10-4-6-14-30-26)23(17-21(22)7-1)19-33-15-11-27(31-33)25-9-3-5-13-29-25/h1-18H,19-20H2. The fourth-order valence-corrected chi connectivity index (χ4v) is 4.18. The van der Waals surface area contributed by atoms with E-state index < -0.39 is 0 Å². The Balaban J connectivity index is 1.33. The third-order valence-electron chi connectivity index (χ3n) is 5.87. The summed E-state index contributed by atoms with van der Waals surface area (Å²) >= 11 is 0. The molecule has 0 spiro atoms. The highest BCUT2D eigenvalue weighted by molar-refractivity contribution is 5.84.